The molecular weight excluding hydrogens is 302 g/mol. The fourth-order valence-electron chi connectivity index (χ4n) is 2.69. The molecule has 22 heavy (non-hydrogen) atoms. The van der Waals surface area contributed by atoms with Crippen LogP contribution < -0.4 is 0 Å². The maximum absolute atomic E-state index is 12.7. The lowest BCUT2D eigenvalue weighted by atomic mass is 9.95. The van der Waals surface area contributed by atoms with Crippen molar-refractivity contribution in [3.8, 4) is 11.3 Å². The molecule has 2 aromatic rings. The highest BCUT2D eigenvalue weighted by atomic mass is 35.5. The highest BCUT2D eigenvalue weighted by Gasteiger charge is 2.29. The van der Waals surface area contributed by atoms with Gasteiger partial charge in [-0.2, -0.15) is 5.10 Å². The van der Waals surface area contributed by atoms with Crippen LogP contribution in [0, 0.1) is 5.92 Å². The Morgan fingerprint density at radius 3 is 2.82 bits per heavy atom. The number of benzene rings is 1. The smallest absolute Gasteiger partial charge is 0.257 e. The monoisotopic (exact) mass is 319 g/mol. The first-order valence-corrected chi connectivity index (χ1v) is 7.70. The number of piperidine rings is 1. The molecule has 0 spiro atoms. The molecular formula is C16H18ClN3O2. The van der Waals surface area contributed by atoms with E-state index in [1.807, 2.05) is 19.1 Å². The zero-order chi connectivity index (χ0) is 15.7. The Bertz CT molecular complexity index is 668. The average molecular weight is 320 g/mol. The number of amides is 1. The first-order chi connectivity index (χ1) is 10.6. The van der Waals surface area contributed by atoms with Crippen LogP contribution in [-0.2, 0) is 0 Å². The van der Waals surface area contributed by atoms with Crippen molar-refractivity contribution < 1.29 is 9.90 Å². The Morgan fingerprint density at radius 1 is 1.41 bits per heavy atom. The Kier molecular flexibility index (Phi) is 4.18. The molecule has 1 aromatic carbocycles. The molecule has 2 N–H and O–H groups in total. The molecule has 6 heteroatoms. The molecule has 3 rings (SSSR count). The summed E-state index contributed by atoms with van der Waals surface area (Å²) >= 11 is 5.90. The summed E-state index contributed by atoms with van der Waals surface area (Å²) in [5.41, 5.74) is 2.05. The number of nitrogens with zero attached hydrogens (tertiary/aromatic N) is 2. The van der Waals surface area contributed by atoms with Gasteiger partial charge in [0, 0.05) is 23.7 Å². The van der Waals surface area contributed by atoms with Gasteiger partial charge in [-0.15, -0.1) is 0 Å². The minimum absolute atomic E-state index is 0.107. The van der Waals surface area contributed by atoms with Crippen LogP contribution in [0.5, 0.6) is 0 Å². The fourth-order valence-corrected chi connectivity index (χ4v) is 2.81. The summed E-state index contributed by atoms with van der Waals surface area (Å²) in [4.78, 5) is 14.4. The summed E-state index contributed by atoms with van der Waals surface area (Å²) in [7, 11) is 0. The molecule has 0 saturated carbocycles. The van der Waals surface area contributed by atoms with Gasteiger partial charge in [0.05, 0.1) is 23.6 Å². The van der Waals surface area contributed by atoms with Gasteiger partial charge in [0.2, 0.25) is 0 Å². The minimum Gasteiger partial charge on any atom is -0.391 e. The zero-order valence-electron chi connectivity index (χ0n) is 12.3. The number of carbonyl (C=O) groups is 1. The van der Waals surface area contributed by atoms with Gasteiger partial charge < -0.3 is 10.0 Å². The maximum Gasteiger partial charge on any atom is 0.257 e. The molecule has 2 unspecified atom stereocenters. The number of β-amino-alcohol motifs (C(OH)–C–C–N with tert-alkyl or cyclic N) is 1. The summed E-state index contributed by atoms with van der Waals surface area (Å²) in [5.74, 6) is 0.119. The zero-order valence-corrected chi connectivity index (χ0v) is 13.0. The van der Waals surface area contributed by atoms with Crippen molar-refractivity contribution in [3.63, 3.8) is 0 Å². The summed E-state index contributed by atoms with van der Waals surface area (Å²) < 4.78 is 0. The predicted octanol–water partition coefficient (Wildman–Crippen LogP) is 2.57. The summed E-state index contributed by atoms with van der Waals surface area (Å²) in [6.45, 7) is 3.02. The predicted molar refractivity (Wildman–Crippen MR) is 84.7 cm³/mol. The van der Waals surface area contributed by atoms with Crippen LogP contribution in [0.2, 0.25) is 5.02 Å². The number of nitrogens with one attached hydrogen (secondary N) is 1. The molecule has 1 aliphatic heterocycles. The van der Waals surface area contributed by atoms with Crippen LogP contribution in [-0.4, -0.2) is 45.3 Å². The second-order valence-corrected chi connectivity index (χ2v) is 6.19. The molecule has 1 saturated heterocycles. The first-order valence-electron chi connectivity index (χ1n) is 7.33. The van der Waals surface area contributed by atoms with Gasteiger partial charge in [0.25, 0.3) is 5.91 Å². The van der Waals surface area contributed by atoms with Gasteiger partial charge in [-0.05, 0) is 24.5 Å². The van der Waals surface area contributed by atoms with Crippen molar-refractivity contribution in [2.75, 3.05) is 13.1 Å². The molecule has 2 atom stereocenters. The van der Waals surface area contributed by atoms with Gasteiger partial charge in [-0.1, -0.05) is 30.7 Å². The topological polar surface area (TPSA) is 69.2 Å². The number of likely N-dealkylation sites (tertiary alicyclic amines) is 1. The molecule has 0 bridgehead atoms. The average Bonchev–Trinajstić information content (AvgIpc) is 2.99. The van der Waals surface area contributed by atoms with Gasteiger partial charge in [-0.3, -0.25) is 9.89 Å². The molecule has 2 heterocycles. The normalized spacial score (nSPS) is 21.9. The number of aromatic nitrogens is 2. The third-order valence-corrected chi connectivity index (χ3v) is 4.46. The molecule has 0 aliphatic carbocycles. The number of carbonyl (C=O) groups excluding carboxylic acids is 1. The van der Waals surface area contributed by atoms with Crippen LogP contribution in [0.3, 0.4) is 0 Å². The van der Waals surface area contributed by atoms with Crippen LogP contribution >= 0.6 is 11.6 Å². The van der Waals surface area contributed by atoms with E-state index < -0.39 is 6.10 Å². The Labute approximate surface area is 133 Å². The van der Waals surface area contributed by atoms with E-state index in [1.165, 1.54) is 6.20 Å². The molecule has 116 valence electrons. The lowest BCUT2D eigenvalue weighted by Gasteiger charge is -2.34. The standard InChI is InChI=1S/C16H18ClN3O2/c1-10-6-7-20(9-14(10)21)16(22)13-8-18-19-15(13)11-2-4-12(17)5-3-11/h2-5,8,10,14,21H,6-7,9H2,1H3,(H,18,19). The number of rotatable bonds is 2. The highest BCUT2D eigenvalue weighted by Crippen LogP contribution is 2.25. The van der Waals surface area contributed by atoms with E-state index in [9.17, 15) is 9.90 Å². The van der Waals surface area contributed by atoms with Crippen molar-refractivity contribution in [2.24, 2.45) is 5.92 Å². The molecule has 1 aromatic heterocycles. The van der Waals surface area contributed by atoms with Crippen LogP contribution in [0.4, 0.5) is 0 Å². The first kappa shape index (κ1) is 15.1. The van der Waals surface area contributed by atoms with E-state index in [1.54, 1.807) is 17.0 Å². The number of aliphatic hydroxyl groups is 1. The van der Waals surface area contributed by atoms with Crippen LogP contribution in [0.25, 0.3) is 11.3 Å². The van der Waals surface area contributed by atoms with Gasteiger partial charge in [0.15, 0.2) is 0 Å². The maximum atomic E-state index is 12.7. The third kappa shape index (κ3) is 2.87. The SMILES string of the molecule is CC1CCN(C(=O)c2cn[nH]c2-c2ccc(Cl)cc2)CC1O. The summed E-state index contributed by atoms with van der Waals surface area (Å²) in [5, 5.41) is 17.5. The van der Waals surface area contributed by atoms with Gasteiger partial charge in [-0.25, -0.2) is 0 Å². The molecule has 1 aliphatic rings. The van der Waals surface area contributed by atoms with Crippen molar-refractivity contribution in [1.29, 1.82) is 0 Å². The summed E-state index contributed by atoms with van der Waals surface area (Å²) in [6, 6.07) is 7.25. The highest BCUT2D eigenvalue weighted by molar-refractivity contribution is 6.30. The largest absolute Gasteiger partial charge is 0.391 e. The number of halogens is 1. The molecule has 5 nitrogen and oxygen atoms in total. The van der Waals surface area contributed by atoms with E-state index in [4.69, 9.17) is 11.6 Å². The van der Waals surface area contributed by atoms with Crippen molar-refractivity contribution in [1.82, 2.24) is 15.1 Å². The number of H-pyrrole nitrogens is 1. The van der Waals surface area contributed by atoms with Gasteiger partial charge >= 0.3 is 0 Å². The number of aromatic amines is 1. The van der Waals surface area contributed by atoms with E-state index in [2.05, 4.69) is 10.2 Å². The van der Waals surface area contributed by atoms with Gasteiger partial charge in [0.1, 0.15) is 0 Å². The van der Waals surface area contributed by atoms with E-state index in [-0.39, 0.29) is 11.8 Å². The lowest BCUT2D eigenvalue weighted by molar-refractivity contribution is 0.0249. The Hall–Kier alpha value is -1.85. The Morgan fingerprint density at radius 2 is 2.14 bits per heavy atom. The molecule has 1 amide bonds. The second kappa shape index (κ2) is 6.10. The van der Waals surface area contributed by atoms with Crippen molar-refractivity contribution in [2.45, 2.75) is 19.4 Å². The fraction of sp³-hybridized carbons (Fsp3) is 0.375. The Balaban J connectivity index is 1.85. The molecule has 1 fully saturated rings. The number of aliphatic hydroxyl groups excluding tert-OH is 1. The van der Waals surface area contributed by atoms with Crippen molar-refractivity contribution >= 4 is 17.5 Å². The quantitative estimate of drug-likeness (QED) is 0.894. The van der Waals surface area contributed by atoms with E-state index >= 15 is 0 Å². The summed E-state index contributed by atoms with van der Waals surface area (Å²) in [6.07, 6.45) is 1.88. The lowest BCUT2D eigenvalue weighted by Crippen LogP contribution is -2.45. The minimum atomic E-state index is -0.469. The van der Waals surface area contributed by atoms with E-state index in [0.717, 1.165) is 12.0 Å². The van der Waals surface area contributed by atoms with Crippen LogP contribution in [0.1, 0.15) is 23.7 Å². The van der Waals surface area contributed by atoms with Crippen LogP contribution in [0.15, 0.2) is 30.5 Å². The van der Waals surface area contributed by atoms with E-state index in [0.29, 0.717) is 29.4 Å². The van der Waals surface area contributed by atoms with Crippen molar-refractivity contribution in [3.05, 3.63) is 41.0 Å². The number of hydrogen-bond acceptors (Lipinski definition) is 3. The molecule has 0 radical (unpaired) electrons. The third-order valence-electron chi connectivity index (χ3n) is 4.21. The number of hydrogen-bond donors (Lipinski definition) is 2. The second-order valence-electron chi connectivity index (χ2n) is 5.75.